The summed E-state index contributed by atoms with van der Waals surface area (Å²) in [6, 6.07) is 7.59. The van der Waals surface area contributed by atoms with Gasteiger partial charge in [0.2, 0.25) is 5.91 Å². The van der Waals surface area contributed by atoms with Crippen molar-refractivity contribution < 1.29 is 14.1 Å². The Morgan fingerprint density at radius 3 is 2.71 bits per heavy atom. The zero-order chi connectivity index (χ0) is 19.3. The molecule has 1 aromatic carbocycles. The van der Waals surface area contributed by atoms with Crippen LogP contribution in [0.4, 0.5) is 0 Å². The Bertz CT molecular complexity index is 781. The molecule has 1 aliphatic heterocycles. The molecule has 1 atom stereocenters. The summed E-state index contributed by atoms with van der Waals surface area (Å²) in [5, 5.41) is 4.14. The van der Waals surface area contributed by atoms with E-state index in [1.54, 1.807) is 7.11 Å². The Balaban J connectivity index is 1.27. The van der Waals surface area contributed by atoms with Crippen molar-refractivity contribution in [2.45, 2.75) is 51.4 Å². The van der Waals surface area contributed by atoms with Crippen molar-refractivity contribution in [2.24, 2.45) is 11.8 Å². The van der Waals surface area contributed by atoms with Crippen LogP contribution in [0.1, 0.15) is 50.8 Å². The molecular weight excluding hydrogens is 354 g/mol. The maximum Gasteiger partial charge on any atom is 0.257 e. The van der Waals surface area contributed by atoms with E-state index in [4.69, 9.17) is 9.26 Å². The minimum absolute atomic E-state index is 0.321. The second-order valence-corrected chi connectivity index (χ2v) is 8.13. The predicted octanol–water partition coefficient (Wildman–Crippen LogP) is 4.11. The van der Waals surface area contributed by atoms with E-state index in [1.807, 2.05) is 29.2 Å². The zero-order valence-electron chi connectivity index (χ0n) is 16.6. The van der Waals surface area contributed by atoms with Crippen molar-refractivity contribution in [1.29, 1.82) is 0 Å². The average Bonchev–Trinajstić information content (AvgIpc) is 3.49. The van der Waals surface area contributed by atoms with Gasteiger partial charge in [0.05, 0.1) is 7.11 Å². The average molecular weight is 383 g/mol. The molecule has 4 rings (SSSR count). The maximum absolute atomic E-state index is 12.5. The lowest BCUT2D eigenvalue weighted by molar-refractivity contribution is -0.130. The van der Waals surface area contributed by atoms with Gasteiger partial charge in [-0.05, 0) is 48.9 Å². The molecule has 0 radical (unpaired) electrons. The quantitative estimate of drug-likeness (QED) is 0.720. The van der Waals surface area contributed by atoms with Crippen LogP contribution in [-0.4, -0.2) is 41.1 Å². The smallest absolute Gasteiger partial charge is 0.257 e. The van der Waals surface area contributed by atoms with E-state index in [9.17, 15) is 4.79 Å². The molecule has 6 nitrogen and oxygen atoms in total. The maximum atomic E-state index is 12.5. The second kappa shape index (κ2) is 8.76. The number of hydrogen-bond donors (Lipinski definition) is 0. The zero-order valence-corrected chi connectivity index (χ0v) is 16.6. The van der Waals surface area contributed by atoms with Crippen LogP contribution in [0.5, 0.6) is 5.75 Å². The van der Waals surface area contributed by atoms with Gasteiger partial charge in [0.1, 0.15) is 5.75 Å². The lowest BCUT2D eigenvalue weighted by Crippen LogP contribution is -2.29. The first-order valence-corrected chi connectivity index (χ1v) is 10.5. The van der Waals surface area contributed by atoms with Crippen LogP contribution >= 0.6 is 0 Å². The normalized spacial score (nSPS) is 20.0. The van der Waals surface area contributed by atoms with Crippen molar-refractivity contribution in [1.82, 2.24) is 15.0 Å². The molecule has 0 bridgehead atoms. The van der Waals surface area contributed by atoms with Gasteiger partial charge in [-0.3, -0.25) is 4.79 Å². The second-order valence-electron chi connectivity index (χ2n) is 8.13. The number of nitrogens with zero attached hydrogens (tertiary/aromatic N) is 3. The van der Waals surface area contributed by atoms with E-state index in [0.29, 0.717) is 24.1 Å². The molecule has 2 fully saturated rings. The Morgan fingerprint density at radius 2 is 1.96 bits per heavy atom. The first kappa shape index (κ1) is 19.0. The van der Waals surface area contributed by atoms with Gasteiger partial charge >= 0.3 is 0 Å². The summed E-state index contributed by atoms with van der Waals surface area (Å²) in [6.45, 7) is 1.67. The Morgan fingerprint density at radius 1 is 1.18 bits per heavy atom. The van der Waals surface area contributed by atoms with Crippen LogP contribution in [0, 0.1) is 11.8 Å². The number of carbonyl (C=O) groups is 1. The summed E-state index contributed by atoms with van der Waals surface area (Å²) in [5.41, 5.74) is 0.884. The van der Waals surface area contributed by atoms with Crippen molar-refractivity contribution >= 4 is 5.91 Å². The van der Waals surface area contributed by atoms with Crippen LogP contribution in [0.2, 0.25) is 0 Å². The molecule has 2 heterocycles. The molecule has 1 aliphatic carbocycles. The third kappa shape index (κ3) is 4.54. The molecule has 2 aromatic rings. The minimum atomic E-state index is 0.321. The van der Waals surface area contributed by atoms with Gasteiger partial charge in [-0.25, -0.2) is 0 Å². The number of likely N-dealkylation sites (tertiary alicyclic amines) is 1. The molecular formula is C22H29N3O3. The third-order valence-corrected chi connectivity index (χ3v) is 6.16. The molecule has 150 valence electrons. The number of carbonyl (C=O) groups excluding carboxylic acids is 1. The topological polar surface area (TPSA) is 68.5 Å². The number of hydrogen-bond acceptors (Lipinski definition) is 5. The van der Waals surface area contributed by atoms with Gasteiger partial charge in [-0.15, -0.1) is 0 Å². The summed E-state index contributed by atoms with van der Waals surface area (Å²) >= 11 is 0. The molecule has 1 saturated carbocycles. The lowest BCUT2D eigenvalue weighted by Gasteiger charge is -2.17. The number of amides is 1. The lowest BCUT2D eigenvalue weighted by atomic mass is 10.0. The van der Waals surface area contributed by atoms with Gasteiger partial charge in [0, 0.05) is 31.5 Å². The Kier molecular flexibility index (Phi) is 5.93. The first-order chi connectivity index (χ1) is 13.7. The summed E-state index contributed by atoms with van der Waals surface area (Å²) < 4.78 is 10.6. The molecule has 1 aromatic heterocycles. The van der Waals surface area contributed by atoms with Crippen molar-refractivity contribution in [3.63, 3.8) is 0 Å². The van der Waals surface area contributed by atoms with E-state index in [0.717, 1.165) is 55.4 Å². The molecule has 0 N–H and O–H groups in total. The van der Waals surface area contributed by atoms with Crippen LogP contribution in [-0.2, 0) is 11.2 Å². The monoisotopic (exact) mass is 383 g/mol. The summed E-state index contributed by atoms with van der Waals surface area (Å²) in [5.74, 6) is 3.56. The first-order valence-electron chi connectivity index (χ1n) is 10.5. The molecule has 2 aliphatic rings. The Hall–Kier alpha value is -2.37. The number of ether oxygens (including phenoxy) is 1. The standard InChI is InChI=1S/C22H29N3O3/c1-27-19-9-7-18(8-10-19)22-23-20(24-28-22)14-17-12-13-25(15-17)21(26)11-6-16-4-2-3-5-16/h7-10,16-17H,2-6,11-15H2,1H3. The third-order valence-electron chi connectivity index (χ3n) is 6.16. The summed E-state index contributed by atoms with van der Waals surface area (Å²) in [4.78, 5) is 19.1. The highest BCUT2D eigenvalue weighted by molar-refractivity contribution is 5.76. The highest BCUT2D eigenvalue weighted by atomic mass is 16.5. The fraction of sp³-hybridized carbons (Fsp3) is 0.591. The Labute approximate surface area is 166 Å². The van der Waals surface area contributed by atoms with E-state index in [1.165, 1.54) is 25.7 Å². The van der Waals surface area contributed by atoms with Gasteiger partial charge in [-0.2, -0.15) is 4.98 Å². The highest BCUT2D eigenvalue weighted by Gasteiger charge is 2.28. The van der Waals surface area contributed by atoms with Crippen LogP contribution in [0.25, 0.3) is 11.5 Å². The number of rotatable bonds is 7. The van der Waals surface area contributed by atoms with Crippen molar-refractivity contribution in [3.05, 3.63) is 30.1 Å². The van der Waals surface area contributed by atoms with Gasteiger partial charge in [0.25, 0.3) is 5.89 Å². The van der Waals surface area contributed by atoms with Gasteiger partial charge in [-0.1, -0.05) is 30.8 Å². The van der Waals surface area contributed by atoms with E-state index in [-0.39, 0.29) is 0 Å². The van der Waals surface area contributed by atoms with E-state index >= 15 is 0 Å². The SMILES string of the molecule is COc1ccc(-c2nc(CC3CCN(C(=O)CCC4CCCC4)C3)no2)cc1. The molecule has 1 saturated heterocycles. The van der Waals surface area contributed by atoms with Gasteiger partial charge in [0.15, 0.2) is 5.82 Å². The number of methoxy groups -OCH3 is 1. The number of benzene rings is 1. The minimum Gasteiger partial charge on any atom is -0.497 e. The molecule has 28 heavy (non-hydrogen) atoms. The van der Waals surface area contributed by atoms with E-state index in [2.05, 4.69) is 10.1 Å². The predicted molar refractivity (Wildman–Crippen MR) is 106 cm³/mol. The fourth-order valence-corrected chi connectivity index (χ4v) is 4.46. The highest BCUT2D eigenvalue weighted by Crippen LogP contribution is 2.29. The summed E-state index contributed by atoms with van der Waals surface area (Å²) in [7, 11) is 1.64. The van der Waals surface area contributed by atoms with E-state index < -0.39 is 0 Å². The van der Waals surface area contributed by atoms with Crippen molar-refractivity contribution in [2.75, 3.05) is 20.2 Å². The molecule has 6 heteroatoms. The van der Waals surface area contributed by atoms with Gasteiger partial charge < -0.3 is 14.2 Å². The molecule has 1 unspecified atom stereocenters. The number of aromatic nitrogens is 2. The summed E-state index contributed by atoms with van der Waals surface area (Å²) in [6.07, 6.45) is 8.85. The van der Waals surface area contributed by atoms with Crippen LogP contribution in [0.3, 0.4) is 0 Å². The fourth-order valence-electron chi connectivity index (χ4n) is 4.46. The van der Waals surface area contributed by atoms with Crippen LogP contribution in [0.15, 0.2) is 28.8 Å². The van der Waals surface area contributed by atoms with Crippen molar-refractivity contribution in [3.8, 4) is 17.2 Å². The molecule has 1 amide bonds. The molecule has 0 spiro atoms. The largest absolute Gasteiger partial charge is 0.497 e. The van der Waals surface area contributed by atoms with Crippen LogP contribution < -0.4 is 4.74 Å².